The second-order valence-corrected chi connectivity index (χ2v) is 1.57. The third-order valence-corrected chi connectivity index (χ3v) is 0.693. The van der Waals surface area contributed by atoms with Crippen LogP contribution in [0.1, 0.15) is 6.92 Å². The molecule has 0 saturated carbocycles. The Balaban J connectivity index is 3.42. The zero-order chi connectivity index (χ0) is 7.98. The molecule has 0 heterocycles. The van der Waals surface area contributed by atoms with Gasteiger partial charge in [0.25, 0.3) is 5.91 Å². The molecular formula is C5H7N3O2. The van der Waals surface area contributed by atoms with E-state index in [1.54, 1.807) is 0 Å². The second-order valence-electron chi connectivity index (χ2n) is 1.57. The van der Waals surface area contributed by atoms with Crippen molar-refractivity contribution in [3.8, 4) is 6.19 Å². The van der Waals surface area contributed by atoms with Crippen LogP contribution in [0.25, 0.3) is 0 Å². The lowest BCUT2D eigenvalue weighted by Crippen LogP contribution is -2.33. The van der Waals surface area contributed by atoms with Gasteiger partial charge in [-0.25, -0.2) is 0 Å². The first-order valence-electron chi connectivity index (χ1n) is 2.59. The molecule has 2 amide bonds. The molecule has 0 aliphatic rings. The van der Waals surface area contributed by atoms with Crippen molar-refractivity contribution in [2.45, 2.75) is 6.92 Å². The fourth-order valence-corrected chi connectivity index (χ4v) is 0.311. The summed E-state index contributed by atoms with van der Waals surface area (Å²) < 4.78 is 0. The number of nitriles is 1. The third kappa shape index (κ3) is 4.59. The lowest BCUT2D eigenvalue weighted by Gasteiger charge is -1.96. The molecule has 0 aromatic carbocycles. The minimum absolute atomic E-state index is 0.150. The van der Waals surface area contributed by atoms with E-state index >= 15 is 0 Å². The van der Waals surface area contributed by atoms with Crippen molar-refractivity contribution in [2.24, 2.45) is 0 Å². The van der Waals surface area contributed by atoms with Crippen molar-refractivity contribution in [1.29, 1.82) is 5.26 Å². The number of hydrogen-bond acceptors (Lipinski definition) is 3. The Hall–Kier alpha value is -1.57. The molecule has 2 N–H and O–H groups in total. The van der Waals surface area contributed by atoms with Gasteiger partial charge in [0.05, 0.1) is 6.54 Å². The van der Waals surface area contributed by atoms with Gasteiger partial charge in [0, 0.05) is 6.92 Å². The maximum Gasteiger partial charge on any atom is 0.252 e. The average Bonchev–Trinajstić information content (AvgIpc) is 1.85. The molecule has 5 heteroatoms. The standard InChI is InChI=1S/C5H7N3O2/c1-4(9)7-2-5(10)8-3-6/h2H2,1H3,(H,7,9)(H,8,10). The Morgan fingerprint density at radius 1 is 1.60 bits per heavy atom. The van der Waals surface area contributed by atoms with Crippen LogP contribution in [0.15, 0.2) is 0 Å². The molecule has 0 radical (unpaired) electrons. The molecule has 0 aliphatic carbocycles. The van der Waals surface area contributed by atoms with E-state index in [1.807, 2.05) is 5.32 Å². The summed E-state index contributed by atoms with van der Waals surface area (Å²) in [5.41, 5.74) is 0. The van der Waals surface area contributed by atoms with E-state index < -0.39 is 5.91 Å². The predicted molar refractivity (Wildman–Crippen MR) is 32.4 cm³/mol. The van der Waals surface area contributed by atoms with Gasteiger partial charge in [0.15, 0.2) is 6.19 Å². The fourth-order valence-electron chi connectivity index (χ4n) is 0.311. The SMILES string of the molecule is CC(=O)NCC(=O)NC#N. The van der Waals surface area contributed by atoms with Gasteiger partial charge in [0.1, 0.15) is 0 Å². The summed E-state index contributed by atoms with van der Waals surface area (Å²) in [5.74, 6) is -0.814. The molecule has 0 saturated heterocycles. The Morgan fingerprint density at radius 3 is 2.60 bits per heavy atom. The van der Waals surface area contributed by atoms with E-state index in [0.29, 0.717) is 0 Å². The number of carbonyl (C=O) groups is 2. The van der Waals surface area contributed by atoms with Crippen LogP contribution in [0.2, 0.25) is 0 Å². The van der Waals surface area contributed by atoms with Crippen LogP contribution in [0.3, 0.4) is 0 Å². The Labute approximate surface area is 58.0 Å². The minimum Gasteiger partial charge on any atom is -0.347 e. The van der Waals surface area contributed by atoms with Crippen molar-refractivity contribution >= 4 is 11.8 Å². The summed E-state index contributed by atoms with van der Waals surface area (Å²) in [4.78, 5) is 20.6. The number of amides is 2. The molecule has 0 bridgehead atoms. The summed E-state index contributed by atoms with van der Waals surface area (Å²) in [6, 6.07) is 0. The highest BCUT2D eigenvalue weighted by atomic mass is 16.2. The van der Waals surface area contributed by atoms with Gasteiger partial charge in [-0.15, -0.1) is 0 Å². The van der Waals surface area contributed by atoms with E-state index in [4.69, 9.17) is 5.26 Å². The lowest BCUT2D eigenvalue weighted by atomic mass is 10.5. The molecule has 0 aromatic heterocycles. The molecular weight excluding hydrogens is 134 g/mol. The smallest absolute Gasteiger partial charge is 0.252 e. The second kappa shape index (κ2) is 4.32. The third-order valence-electron chi connectivity index (χ3n) is 0.693. The zero-order valence-corrected chi connectivity index (χ0v) is 5.47. The van der Waals surface area contributed by atoms with Gasteiger partial charge >= 0.3 is 0 Å². The lowest BCUT2D eigenvalue weighted by molar-refractivity contribution is -0.124. The topological polar surface area (TPSA) is 82.0 Å². The molecule has 5 nitrogen and oxygen atoms in total. The first-order valence-corrected chi connectivity index (χ1v) is 2.59. The maximum atomic E-state index is 10.4. The van der Waals surface area contributed by atoms with E-state index in [-0.39, 0.29) is 12.5 Å². The van der Waals surface area contributed by atoms with Gasteiger partial charge in [0.2, 0.25) is 5.91 Å². The number of nitrogens with one attached hydrogen (secondary N) is 2. The van der Waals surface area contributed by atoms with Crippen LogP contribution in [0.4, 0.5) is 0 Å². The summed E-state index contributed by atoms with van der Waals surface area (Å²) in [6.07, 6.45) is 1.44. The molecule has 10 heavy (non-hydrogen) atoms. The molecule has 0 aromatic rings. The quantitative estimate of drug-likeness (QED) is 0.371. The van der Waals surface area contributed by atoms with Crippen molar-refractivity contribution in [1.82, 2.24) is 10.6 Å². The Bertz CT molecular complexity index is 182. The zero-order valence-electron chi connectivity index (χ0n) is 5.47. The normalized spacial score (nSPS) is 7.60. The van der Waals surface area contributed by atoms with Crippen LogP contribution in [-0.4, -0.2) is 18.4 Å². The molecule has 0 aliphatic heterocycles. The summed E-state index contributed by atoms with van der Waals surface area (Å²) in [5, 5.41) is 12.0. The monoisotopic (exact) mass is 141 g/mol. The van der Waals surface area contributed by atoms with E-state index in [2.05, 4.69) is 5.32 Å². The van der Waals surface area contributed by atoms with Gasteiger partial charge in [-0.1, -0.05) is 0 Å². The maximum absolute atomic E-state index is 10.4. The van der Waals surface area contributed by atoms with Crippen LogP contribution in [-0.2, 0) is 9.59 Å². The summed E-state index contributed by atoms with van der Waals surface area (Å²) >= 11 is 0. The van der Waals surface area contributed by atoms with E-state index in [1.165, 1.54) is 13.1 Å². The highest BCUT2D eigenvalue weighted by Crippen LogP contribution is 1.62. The number of nitrogens with zero attached hydrogens (tertiary/aromatic N) is 1. The number of hydrogen-bond donors (Lipinski definition) is 2. The summed E-state index contributed by atoms with van der Waals surface area (Å²) in [7, 11) is 0. The van der Waals surface area contributed by atoms with Crippen LogP contribution in [0.5, 0.6) is 0 Å². The van der Waals surface area contributed by atoms with Gasteiger partial charge in [-0.2, -0.15) is 5.26 Å². The Morgan fingerprint density at radius 2 is 2.20 bits per heavy atom. The van der Waals surface area contributed by atoms with Crippen LogP contribution < -0.4 is 10.6 Å². The highest BCUT2D eigenvalue weighted by Gasteiger charge is 1.98. The molecule has 0 rings (SSSR count). The molecule has 0 unspecified atom stereocenters. The van der Waals surface area contributed by atoms with Gasteiger partial charge in [-0.05, 0) is 0 Å². The van der Waals surface area contributed by atoms with Crippen molar-refractivity contribution in [3.05, 3.63) is 0 Å². The van der Waals surface area contributed by atoms with E-state index in [9.17, 15) is 9.59 Å². The van der Waals surface area contributed by atoms with Crippen molar-refractivity contribution in [2.75, 3.05) is 6.54 Å². The first kappa shape index (κ1) is 8.43. The number of carbonyl (C=O) groups excluding carboxylic acids is 2. The largest absolute Gasteiger partial charge is 0.347 e. The molecule has 54 valence electrons. The van der Waals surface area contributed by atoms with Gasteiger partial charge in [-0.3, -0.25) is 14.9 Å². The Kier molecular flexibility index (Phi) is 3.64. The van der Waals surface area contributed by atoms with Crippen molar-refractivity contribution in [3.63, 3.8) is 0 Å². The summed E-state index contributed by atoms with van der Waals surface area (Å²) in [6.45, 7) is 1.14. The highest BCUT2D eigenvalue weighted by molar-refractivity contribution is 5.84. The van der Waals surface area contributed by atoms with Gasteiger partial charge < -0.3 is 5.32 Å². The minimum atomic E-state index is -0.516. The van der Waals surface area contributed by atoms with Crippen LogP contribution >= 0.6 is 0 Å². The fraction of sp³-hybridized carbons (Fsp3) is 0.400. The van der Waals surface area contributed by atoms with Crippen LogP contribution in [0, 0.1) is 11.5 Å². The van der Waals surface area contributed by atoms with E-state index in [0.717, 1.165) is 0 Å². The molecule has 0 atom stereocenters. The molecule has 0 spiro atoms. The predicted octanol–water partition coefficient (Wildman–Crippen LogP) is -1.28. The molecule has 0 fully saturated rings. The van der Waals surface area contributed by atoms with Crippen molar-refractivity contribution < 1.29 is 9.59 Å². The first-order chi connectivity index (χ1) is 4.66. The number of rotatable bonds is 2. The average molecular weight is 141 g/mol.